The quantitative estimate of drug-likeness (QED) is 0.662. The average Bonchev–Trinajstić information content (AvgIpc) is 2.97. The molecule has 4 nitrogen and oxygen atoms in total. The molecule has 29 heavy (non-hydrogen) atoms. The van der Waals surface area contributed by atoms with E-state index in [9.17, 15) is 22.0 Å². The summed E-state index contributed by atoms with van der Waals surface area (Å²) < 4.78 is 71.9. The molecule has 0 spiro atoms. The molecule has 0 amide bonds. The number of hydrogen-bond donors (Lipinski definition) is 1. The second-order valence-corrected chi connectivity index (χ2v) is 6.49. The van der Waals surface area contributed by atoms with Gasteiger partial charge in [-0.1, -0.05) is 18.2 Å². The molecule has 4 rings (SSSR count). The van der Waals surface area contributed by atoms with Crippen LogP contribution < -0.4 is 5.32 Å². The van der Waals surface area contributed by atoms with Gasteiger partial charge in [-0.2, -0.15) is 13.2 Å². The zero-order valence-electron chi connectivity index (χ0n) is 15.2. The van der Waals surface area contributed by atoms with Gasteiger partial charge in [0.1, 0.15) is 17.5 Å². The minimum Gasteiger partial charge on any atom is -0.314 e. The summed E-state index contributed by atoms with van der Waals surface area (Å²) in [4.78, 5) is 8.45. The second kappa shape index (κ2) is 7.07. The second-order valence-electron chi connectivity index (χ2n) is 6.49. The topological polar surface area (TPSA) is 42.2 Å². The number of fused-ring (bicyclic) bond motifs is 3. The maximum atomic E-state index is 14.5. The molecule has 0 radical (unpaired) electrons. The Morgan fingerprint density at radius 3 is 2.41 bits per heavy atom. The van der Waals surface area contributed by atoms with Crippen LogP contribution in [0, 0.1) is 11.6 Å². The largest absolute Gasteiger partial charge is 0.418 e. The van der Waals surface area contributed by atoms with Gasteiger partial charge in [0, 0.05) is 12.1 Å². The van der Waals surface area contributed by atoms with Crippen LogP contribution in [0.3, 0.4) is 0 Å². The lowest BCUT2D eigenvalue weighted by molar-refractivity contribution is -0.137. The van der Waals surface area contributed by atoms with Gasteiger partial charge in [-0.25, -0.2) is 13.8 Å². The molecule has 0 fully saturated rings. The fraction of sp³-hybridized carbons (Fsp3) is 0.200. The predicted molar refractivity (Wildman–Crippen MR) is 97.0 cm³/mol. The molecule has 1 N–H and O–H groups in total. The molecule has 0 aliphatic carbocycles. The summed E-state index contributed by atoms with van der Waals surface area (Å²) in [6.07, 6.45) is -3.22. The van der Waals surface area contributed by atoms with Crippen LogP contribution in [-0.2, 0) is 19.3 Å². The highest BCUT2D eigenvalue weighted by Gasteiger charge is 2.38. The van der Waals surface area contributed by atoms with E-state index in [0.717, 1.165) is 18.2 Å². The first-order chi connectivity index (χ1) is 13.8. The van der Waals surface area contributed by atoms with Crippen LogP contribution in [0.25, 0.3) is 5.69 Å². The molecule has 0 saturated heterocycles. The minimum absolute atomic E-state index is 0.0158. The Bertz CT molecular complexity index is 1090. The van der Waals surface area contributed by atoms with Crippen LogP contribution >= 0.6 is 0 Å². The van der Waals surface area contributed by atoms with Crippen molar-refractivity contribution in [2.24, 2.45) is 4.99 Å². The summed E-state index contributed by atoms with van der Waals surface area (Å²) in [5.41, 5.74) is -1.35. The molecule has 0 unspecified atom stereocenters. The highest BCUT2D eigenvalue weighted by molar-refractivity contribution is 6.15. The van der Waals surface area contributed by atoms with Crippen molar-refractivity contribution in [2.75, 3.05) is 7.05 Å². The third-order valence-electron chi connectivity index (χ3n) is 4.66. The van der Waals surface area contributed by atoms with Crippen LogP contribution in [0.2, 0.25) is 0 Å². The Kier molecular flexibility index (Phi) is 4.70. The molecule has 1 aliphatic rings. The van der Waals surface area contributed by atoms with Gasteiger partial charge in [-0.15, -0.1) is 0 Å². The van der Waals surface area contributed by atoms with Crippen molar-refractivity contribution in [3.05, 3.63) is 82.4 Å². The number of nitrogens with zero attached hydrogens (tertiary/aromatic N) is 3. The van der Waals surface area contributed by atoms with Gasteiger partial charge < -0.3 is 5.32 Å². The normalized spacial score (nSPS) is 13.5. The van der Waals surface area contributed by atoms with Crippen molar-refractivity contribution in [1.82, 2.24) is 14.9 Å². The van der Waals surface area contributed by atoms with Crippen molar-refractivity contribution < 1.29 is 22.0 Å². The van der Waals surface area contributed by atoms with Crippen molar-refractivity contribution in [3.63, 3.8) is 0 Å². The smallest absolute Gasteiger partial charge is 0.314 e. The van der Waals surface area contributed by atoms with Crippen molar-refractivity contribution in [1.29, 1.82) is 0 Å². The SMILES string of the molecule is CNCc1cnc2n1-c1c(cccc1C(F)(F)F)C(c1c(F)cccc1F)=NC2. The Hall–Kier alpha value is -3.07. The number of para-hydroxylation sites is 1. The molecule has 0 saturated carbocycles. The number of aromatic nitrogens is 2. The summed E-state index contributed by atoms with van der Waals surface area (Å²) in [6.45, 7) is 0.126. The van der Waals surface area contributed by atoms with Crippen LogP contribution in [0.1, 0.15) is 28.2 Å². The zero-order chi connectivity index (χ0) is 20.8. The lowest BCUT2D eigenvalue weighted by atomic mass is 9.96. The van der Waals surface area contributed by atoms with Gasteiger partial charge in [0.25, 0.3) is 0 Å². The van der Waals surface area contributed by atoms with Crippen LogP contribution in [0.5, 0.6) is 0 Å². The van der Waals surface area contributed by atoms with Crippen molar-refractivity contribution in [2.45, 2.75) is 19.3 Å². The predicted octanol–water partition coefficient (Wildman–Crippen LogP) is 4.24. The van der Waals surface area contributed by atoms with Gasteiger partial charge >= 0.3 is 6.18 Å². The van der Waals surface area contributed by atoms with Crippen LogP contribution in [0.4, 0.5) is 22.0 Å². The number of benzene rings is 2. The van der Waals surface area contributed by atoms with E-state index in [-0.39, 0.29) is 35.9 Å². The third kappa shape index (κ3) is 3.21. The molecule has 0 bridgehead atoms. The van der Waals surface area contributed by atoms with Gasteiger partial charge in [0.2, 0.25) is 0 Å². The van der Waals surface area contributed by atoms with E-state index < -0.39 is 28.9 Å². The maximum absolute atomic E-state index is 14.5. The van der Waals surface area contributed by atoms with E-state index in [4.69, 9.17) is 0 Å². The number of nitrogens with one attached hydrogen (secondary N) is 1. The summed E-state index contributed by atoms with van der Waals surface area (Å²) in [7, 11) is 1.66. The van der Waals surface area contributed by atoms with E-state index in [1.807, 2.05) is 0 Å². The Balaban J connectivity index is 2.08. The van der Waals surface area contributed by atoms with Crippen molar-refractivity contribution in [3.8, 4) is 5.69 Å². The highest BCUT2D eigenvalue weighted by atomic mass is 19.4. The molecule has 3 aromatic rings. The van der Waals surface area contributed by atoms with Gasteiger partial charge in [0.15, 0.2) is 0 Å². The first-order valence-corrected chi connectivity index (χ1v) is 8.72. The molecule has 2 heterocycles. The summed E-state index contributed by atoms with van der Waals surface area (Å²) in [6, 6.07) is 6.80. The number of imidazole rings is 1. The number of hydrogen-bond acceptors (Lipinski definition) is 3. The Labute approximate surface area is 162 Å². The van der Waals surface area contributed by atoms with Crippen molar-refractivity contribution >= 4 is 5.71 Å². The number of halogens is 5. The molecule has 0 atom stereocenters. The molecule has 1 aliphatic heterocycles. The van der Waals surface area contributed by atoms with Gasteiger partial charge in [-0.05, 0) is 25.2 Å². The Morgan fingerprint density at radius 1 is 1.07 bits per heavy atom. The Morgan fingerprint density at radius 2 is 1.76 bits per heavy atom. The van der Waals surface area contributed by atoms with Crippen LogP contribution in [-0.4, -0.2) is 22.3 Å². The fourth-order valence-electron chi connectivity index (χ4n) is 3.50. The summed E-state index contributed by atoms with van der Waals surface area (Å²) in [5, 5.41) is 2.89. The number of alkyl halides is 3. The molecule has 2 aromatic carbocycles. The van der Waals surface area contributed by atoms with Crippen LogP contribution in [0.15, 0.2) is 47.6 Å². The van der Waals surface area contributed by atoms with E-state index in [0.29, 0.717) is 5.69 Å². The maximum Gasteiger partial charge on any atom is 0.418 e. The monoisotopic (exact) mass is 406 g/mol. The van der Waals surface area contributed by atoms with E-state index in [1.54, 1.807) is 7.05 Å². The first kappa shape index (κ1) is 19.3. The minimum atomic E-state index is -4.69. The van der Waals surface area contributed by atoms with E-state index in [2.05, 4.69) is 15.3 Å². The van der Waals surface area contributed by atoms with E-state index in [1.165, 1.54) is 29.0 Å². The lowest BCUT2D eigenvalue weighted by Crippen LogP contribution is -2.19. The summed E-state index contributed by atoms with van der Waals surface area (Å²) in [5.74, 6) is -1.55. The third-order valence-corrected chi connectivity index (χ3v) is 4.66. The molecule has 1 aromatic heterocycles. The first-order valence-electron chi connectivity index (χ1n) is 8.72. The summed E-state index contributed by atoms with van der Waals surface area (Å²) >= 11 is 0. The molecular weight excluding hydrogens is 391 g/mol. The molecule has 150 valence electrons. The van der Waals surface area contributed by atoms with Gasteiger partial charge in [0.05, 0.1) is 41.0 Å². The number of rotatable bonds is 3. The lowest BCUT2D eigenvalue weighted by Gasteiger charge is -2.20. The fourth-order valence-corrected chi connectivity index (χ4v) is 3.50. The van der Waals surface area contributed by atoms with Gasteiger partial charge in [-0.3, -0.25) is 9.56 Å². The molecule has 9 heteroatoms. The average molecular weight is 406 g/mol. The highest BCUT2D eigenvalue weighted by Crippen LogP contribution is 2.39. The standard InChI is InChI=1S/C20H15F5N4/c1-26-8-11-9-27-16-10-28-18(17-14(21)6-3-7-15(17)22)12-4-2-5-13(20(23,24)25)19(12)29(11)16/h2-7,9,26H,8,10H2,1H3. The molecular formula is C20H15F5N4. The number of aliphatic imine (C=N–C) groups is 1. The zero-order valence-corrected chi connectivity index (χ0v) is 15.2. The van der Waals surface area contributed by atoms with E-state index >= 15 is 0 Å².